The van der Waals surface area contributed by atoms with Crippen LogP contribution in [0, 0.1) is 0 Å². The van der Waals surface area contributed by atoms with Gasteiger partial charge < -0.3 is 19.2 Å². The van der Waals surface area contributed by atoms with Gasteiger partial charge >= 0.3 is 0 Å². The van der Waals surface area contributed by atoms with Crippen LogP contribution >= 0.6 is 0 Å². The maximum atomic E-state index is 12.9. The van der Waals surface area contributed by atoms with Crippen LogP contribution in [0.3, 0.4) is 0 Å². The smallest absolute Gasteiger partial charge is 0.295 e. The summed E-state index contributed by atoms with van der Waals surface area (Å²) >= 11 is 0. The first-order valence-corrected chi connectivity index (χ1v) is 9.90. The average molecular weight is 405 g/mol. The Balaban J connectivity index is 1.78. The normalized spacial score (nSPS) is 18.6. The van der Waals surface area contributed by atoms with Gasteiger partial charge in [-0.1, -0.05) is 36.4 Å². The van der Waals surface area contributed by atoms with Crippen LogP contribution in [0.4, 0.5) is 0 Å². The first-order chi connectivity index (χ1) is 14.5. The summed E-state index contributed by atoms with van der Waals surface area (Å²) in [4.78, 5) is 27.1. The van der Waals surface area contributed by atoms with Crippen LogP contribution in [0.15, 0.2) is 70.9 Å². The molecule has 2 aromatic carbocycles. The van der Waals surface area contributed by atoms with E-state index in [0.717, 1.165) is 10.8 Å². The van der Waals surface area contributed by atoms with E-state index in [-0.39, 0.29) is 30.6 Å². The highest BCUT2D eigenvalue weighted by molar-refractivity contribution is 6.46. The number of aliphatic hydroxyl groups excluding tert-OH is 1. The number of ketones is 1. The molecule has 1 unspecified atom stereocenters. The monoisotopic (exact) mass is 405 g/mol. The molecular weight excluding hydrogens is 382 g/mol. The lowest BCUT2D eigenvalue weighted by Gasteiger charge is -2.23. The number of carbonyl (C=O) groups is 2. The Labute approximate surface area is 174 Å². The molecule has 1 atom stereocenters. The summed E-state index contributed by atoms with van der Waals surface area (Å²) in [6.07, 6.45) is 1.48. The van der Waals surface area contributed by atoms with Gasteiger partial charge in [0.05, 0.1) is 24.5 Å². The average Bonchev–Trinajstić information content (AvgIpc) is 3.35. The van der Waals surface area contributed by atoms with Crippen molar-refractivity contribution in [1.29, 1.82) is 0 Å². The predicted molar refractivity (Wildman–Crippen MR) is 113 cm³/mol. The highest BCUT2D eigenvalue weighted by atomic mass is 16.5. The maximum absolute atomic E-state index is 12.9. The van der Waals surface area contributed by atoms with Crippen molar-refractivity contribution in [2.45, 2.75) is 26.0 Å². The molecule has 0 saturated carbocycles. The number of rotatable bonds is 6. The zero-order valence-electron chi connectivity index (χ0n) is 16.9. The minimum atomic E-state index is -0.803. The molecule has 4 rings (SSSR count). The van der Waals surface area contributed by atoms with Gasteiger partial charge in [0.15, 0.2) is 0 Å². The molecule has 0 spiro atoms. The van der Waals surface area contributed by atoms with Gasteiger partial charge in [0.2, 0.25) is 0 Å². The molecule has 30 heavy (non-hydrogen) atoms. The minimum absolute atomic E-state index is 0.00137. The van der Waals surface area contributed by atoms with E-state index in [1.165, 1.54) is 11.2 Å². The number of likely N-dealkylation sites (tertiary alicyclic amines) is 1. The number of benzene rings is 2. The fourth-order valence-corrected chi connectivity index (χ4v) is 3.73. The van der Waals surface area contributed by atoms with Crippen LogP contribution in [0.2, 0.25) is 0 Å². The van der Waals surface area contributed by atoms with E-state index in [2.05, 4.69) is 0 Å². The Kier molecular flexibility index (Phi) is 5.42. The summed E-state index contributed by atoms with van der Waals surface area (Å²) in [5.41, 5.74) is 0.497. The topological polar surface area (TPSA) is 80.0 Å². The molecule has 1 aromatic heterocycles. The maximum Gasteiger partial charge on any atom is 0.295 e. The van der Waals surface area contributed by atoms with E-state index in [0.29, 0.717) is 11.3 Å². The molecule has 1 saturated heterocycles. The third-order valence-electron chi connectivity index (χ3n) is 5.16. The molecule has 0 bridgehead atoms. The summed E-state index contributed by atoms with van der Waals surface area (Å²) < 4.78 is 11.1. The number of hydrogen-bond acceptors (Lipinski definition) is 5. The quantitative estimate of drug-likeness (QED) is 0.376. The van der Waals surface area contributed by atoms with Gasteiger partial charge in [-0.15, -0.1) is 0 Å². The van der Waals surface area contributed by atoms with Gasteiger partial charge in [-0.05, 0) is 42.8 Å². The Morgan fingerprint density at radius 3 is 2.57 bits per heavy atom. The van der Waals surface area contributed by atoms with Gasteiger partial charge in [-0.25, -0.2) is 0 Å². The van der Waals surface area contributed by atoms with Crippen molar-refractivity contribution < 1.29 is 23.8 Å². The number of aliphatic hydroxyl groups is 1. The largest absolute Gasteiger partial charge is 0.507 e. The van der Waals surface area contributed by atoms with E-state index < -0.39 is 17.7 Å². The second kappa shape index (κ2) is 8.16. The highest BCUT2D eigenvalue weighted by Crippen LogP contribution is 2.39. The van der Waals surface area contributed by atoms with E-state index >= 15 is 0 Å². The Hall–Kier alpha value is -3.38. The highest BCUT2D eigenvalue weighted by Gasteiger charge is 2.47. The van der Waals surface area contributed by atoms with Crippen molar-refractivity contribution >= 4 is 28.2 Å². The Morgan fingerprint density at radius 1 is 1.10 bits per heavy atom. The van der Waals surface area contributed by atoms with Crippen molar-refractivity contribution in [3.8, 4) is 0 Å². The van der Waals surface area contributed by atoms with E-state index in [1.807, 2.05) is 44.2 Å². The molecule has 1 fully saturated rings. The molecular formula is C24H23NO5. The molecule has 1 N–H and O–H groups in total. The number of Topliss-reactive ketones (excluding diaryl/α,β-unsaturated/α-hetero) is 1. The molecule has 1 aliphatic rings. The Bertz CT molecular complexity index is 1110. The number of ether oxygens (including phenoxy) is 1. The first-order valence-electron chi connectivity index (χ1n) is 9.90. The van der Waals surface area contributed by atoms with Gasteiger partial charge in [-0.2, -0.15) is 0 Å². The van der Waals surface area contributed by atoms with Crippen LogP contribution < -0.4 is 0 Å². The van der Waals surface area contributed by atoms with Crippen LogP contribution in [0.25, 0.3) is 16.5 Å². The third kappa shape index (κ3) is 3.62. The third-order valence-corrected chi connectivity index (χ3v) is 5.16. The van der Waals surface area contributed by atoms with Crippen molar-refractivity contribution in [2.75, 3.05) is 13.2 Å². The summed E-state index contributed by atoms with van der Waals surface area (Å²) in [7, 11) is 0. The van der Waals surface area contributed by atoms with Crippen molar-refractivity contribution in [3.63, 3.8) is 0 Å². The molecule has 6 heteroatoms. The summed E-state index contributed by atoms with van der Waals surface area (Å²) in [6.45, 7) is 4.29. The first kappa shape index (κ1) is 19.9. The standard InChI is InChI=1S/C24H23NO5/c1-15(2)29-13-11-25-21(19-8-5-12-30-19)20(23(27)24(25)28)22(26)18-10-9-16-6-3-4-7-17(16)14-18/h3-10,12,14-15,21,26H,11,13H2,1-2H3/b22-20-. The van der Waals surface area contributed by atoms with Crippen LogP contribution in [-0.2, 0) is 14.3 Å². The van der Waals surface area contributed by atoms with Crippen molar-refractivity contribution in [1.82, 2.24) is 4.90 Å². The molecule has 0 radical (unpaired) electrons. The fraction of sp³-hybridized carbons (Fsp3) is 0.250. The lowest BCUT2D eigenvalue weighted by molar-refractivity contribution is -0.140. The SMILES string of the molecule is CC(C)OCCN1C(=O)C(=O)/C(=C(\O)c2ccc3ccccc3c2)C1c1ccco1. The number of amides is 1. The van der Waals surface area contributed by atoms with Crippen molar-refractivity contribution in [2.24, 2.45) is 0 Å². The summed E-state index contributed by atoms with van der Waals surface area (Å²) in [5.74, 6) is -1.20. The van der Waals surface area contributed by atoms with Crippen LogP contribution in [-0.4, -0.2) is 41.0 Å². The van der Waals surface area contributed by atoms with E-state index in [1.54, 1.807) is 24.3 Å². The van der Waals surface area contributed by atoms with E-state index in [4.69, 9.17) is 9.15 Å². The number of nitrogens with zero attached hydrogens (tertiary/aromatic N) is 1. The number of furan rings is 1. The molecule has 2 heterocycles. The van der Waals surface area contributed by atoms with Gasteiger partial charge in [0.1, 0.15) is 17.6 Å². The molecule has 1 aliphatic heterocycles. The van der Waals surface area contributed by atoms with Gasteiger partial charge in [-0.3, -0.25) is 9.59 Å². The fourth-order valence-electron chi connectivity index (χ4n) is 3.73. The predicted octanol–water partition coefficient (Wildman–Crippen LogP) is 4.28. The molecule has 1 amide bonds. The van der Waals surface area contributed by atoms with Crippen LogP contribution in [0.1, 0.15) is 31.2 Å². The summed E-state index contributed by atoms with van der Waals surface area (Å²) in [6, 6.07) is 15.7. The lowest BCUT2D eigenvalue weighted by atomic mass is 9.98. The second-order valence-corrected chi connectivity index (χ2v) is 7.49. The number of carbonyl (C=O) groups excluding carboxylic acids is 2. The number of hydrogen-bond donors (Lipinski definition) is 1. The van der Waals surface area contributed by atoms with E-state index in [9.17, 15) is 14.7 Å². The molecule has 154 valence electrons. The zero-order valence-corrected chi connectivity index (χ0v) is 16.9. The van der Waals surface area contributed by atoms with Crippen LogP contribution in [0.5, 0.6) is 0 Å². The second-order valence-electron chi connectivity index (χ2n) is 7.49. The zero-order chi connectivity index (χ0) is 21.3. The minimum Gasteiger partial charge on any atom is -0.507 e. The summed E-state index contributed by atoms with van der Waals surface area (Å²) in [5, 5.41) is 13.0. The lowest BCUT2D eigenvalue weighted by Crippen LogP contribution is -2.33. The van der Waals surface area contributed by atoms with Gasteiger partial charge in [0, 0.05) is 12.1 Å². The molecule has 3 aromatic rings. The van der Waals surface area contributed by atoms with Crippen molar-refractivity contribution in [3.05, 3.63) is 77.8 Å². The Morgan fingerprint density at radius 2 is 1.87 bits per heavy atom. The number of fused-ring (bicyclic) bond motifs is 1. The molecule has 0 aliphatic carbocycles. The van der Waals surface area contributed by atoms with Gasteiger partial charge in [0.25, 0.3) is 11.7 Å². The molecule has 6 nitrogen and oxygen atoms in total.